The highest BCUT2D eigenvalue weighted by Gasteiger charge is 2.22. The summed E-state index contributed by atoms with van der Waals surface area (Å²) in [5, 5.41) is 0. The molecule has 0 aliphatic rings. The molecule has 0 rings (SSSR count). The first-order chi connectivity index (χ1) is 5.24. The Kier molecular flexibility index (Phi) is 5.72. The third-order valence-electron chi connectivity index (χ3n) is 2.95. The van der Waals surface area contributed by atoms with E-state index in [4.69, 9.17) is 7.85 Å². The Labute approximate surface area is 73.2 Å². The van der Waals surface area contributed by atoms with Gasteiger partial charge in [-0.1, -0.05) is 52.8 Å². The van der Waals surface area contributed by atoms with E-state index >= 15 is 0 Å². The lowest BCUT2D eigenvalue weighted by Crippen LogP contribution is -2.18. The first kappa shape index (κ1) is 11.1. The van der Waals surface area contributed by atoms with Gasteiger partial charge in [0.15, 0.2) is 0 Å². The fourth-order valence-corrected chi connectivity index (χ4v) is 1.92. The first-order valence-electron chi connectivity index (χ1n) is 4.94. The summed E-state index contributed by atoms with van der Waals surface area (Å²) in [7, 11) is 5.60. The van der Waals surface area contributed by atoms with E-state index in [2.05, 4.69) is 20.8 Å². The second kappa shape index (κ2) is 5.68. The number of hydrogen-bond acceptors (Lipinski definition) is 0. The molecule has 0 aromatic heterocycles. The lowest BCUT2D eigenvalue weighted by atomic mass is 9.72. The van der Waals surface area contributed by atoms with Crippen LogP contribution in [0.1, 0.15) is 52.9 Å². The maximum absolute atomic E-state index is 5.60. The maximum atomic E-state index is 5.60. The van der Waals surface area contributed by atoms with Gasteiger partial charge in [-0.25, -0.2) is 0 Å². The van der Waals surface area contributed by atoms with Crippen LogP contribution in [-0.4, -0.2) is 7.85 Å². The average Bonchev–Trinajstić information content (AvgIpc) is 2.04. The number of rotatable bonds is 6. The maximum Gasteiger partial charge on any atom is 0.0653 e. The fraction of sp³-hybridized carbons (Fsp3) is 1.00. The zero-order valence-corrected chi connectivity index (χ0v) is 8.32. The van der Waals surface area contributed by atoms with E-state index in [9.17, 15) is 0 Å². The van der Waals surface area contributed by atoms with E-state index in [1.54, 1.807) is 0 Å². The minimum atomic E-state index is 0.559. The number of hydrogen-bond donors (Lipinski definition) is 0. The molecule has 64 valence electrons. The molecule has 0 fully saturated rings. The van der Waals surface area contributed by atoms with Crippen molar-refractivity contribution in [3.63, 3.8) is 0 Å². The van der Waals surface area contributed by atoms with E-state index < -0.39 is 0 Å². The van der Waals surface area contributed by atoms with Crippen LogP contribution in [0.2, 0.25) is 6.32 Å². The third-order valence-corrected chi connectivity index (χ3v) is 2.95. The van der Waals surface area contributed by atoms with Gasteiger partial charge in [0.2, 0.25) is 0 Å². The molecule has 0 unspecified atom stereocenters. The molecule has 11 heavy (non-hydrogen) atoms. The van der Waals surface area contributed by atoms with Crippen molar-refractivity contribution < 1.29 is 0 Å². The van der Waals surface area contributed by atoms with Crippen LogP contribution in [0.25, 0.3) is 0 Å². The molecule has 0 N–H and O–H groups in total. The van der Waals surface area contributed by atoms with Gasteiger partial charge < -0.3 is 0 Å². The Bertz CT molecular complexity index is 76.9. The summed E-state index contributed by atoms with van der Waals surface area (Å²) in [6.07, 6.45) is 7.26. The van der Waals surface area contributed by atoms with Crippen molar-refractivity contribution in [2.45, 2.75) is 59.2 Å². The van der Waals surface area contributed by atoms with Crippen molar-refractivity contribution in [1.29, 1.82) is 0 Å². The van der Waals surface area contributed by atoms with Crippen LogP contribution in [-0.2, 0) is 0 Å². The van der Waals surface area contributed by atoms with Gasteiger partial charge in [-0.15, -0.1) is 0 Å². The molecule has 0 spiro atoms. The molecule has 0 aromatic carbocycles. The molecule has 0 amide bonds. The Balaban J connectivity index is 3.96. The van der Waals surface area contributed by atoms with Crippen LogP contribution in [0.4, 0.5) is 0 Å². The van der Waals surface area contributed by atoms with Gasteiger partial charge in [0.25, 0.3) is 0 Å². The molecule has 1 heteroatoms. The Hall–Kier alpha value is 0.0649. The van der Waals surface area contributed by atoms with Gasteiger partial charge in [-0.05, 0) is 11.8 Å². The van der Waals surface area contributed by atoms with E-state index in [0.717, 1.165) is 6.32 Å². The fourth-order valence-electron chi connectivity index (χ4n) is 1.92. The molecule has 0 nitrogen and oxygen atoms in total. The summed E-state index contributed by atoms with van der Waals surface area (Å²) < 4.78 is 0. The highest BCUT2D eigenvalue weighted by atomic mass is 14.3. The molecule has 0 aliphatic heterocycles. The van der Waals surface area contributed by atoms with Crippen LogP contribution >= 0.6 is 0 Å². The van der Waals surface area contributed by atoms with Crippen LogP contribution < -0.4 is 0 Å². The smallest absolute Gasteiger partial charge is 0.0653 e. The van der Waals surface area contributed by atoms with Crippen molar-refractivity contribution in [2.24, 2.45) is 5.41 Å². The Morgan fingerprint density at radius 3 is 1.82 bits per heavy atom. The quantitative estimate of drug-likeness (QED) is 0.510. The van der Waals surface area contributed by atoms with Gasteiger partial charge in [-0.3, -0.25) is 0 Å². The van der Waals surface area contributed by atoms with Crippen LogP contribution in [0.3, 0.4) is 0 Å². The van der Waals surface area contributed by atoms with Gasteiger partial charge in [0.1, 0.15) is 0 Å². The summed E-state index contributed by atoms with van der Waals surface area (Å²) in [6, 6.07) is 0. The Morgan fingerprint density at radius 1 is 1.00 bits per heavy atom. The van der Waals surface area contributed by atoms with E-state index in [1.165, 1.54) is 32.1 Å². The summed E-state index contributed by atoms with van der Waals surface area (Å²) in [6.45, 7) is 6.83. The summed E-state index contributed by atoms with van der Waals surface area (Å²) >= 11 is 0. The minimum absolute atomic E-state index is 0.559. The predicted octanol–water partition coefficient (Wildman–Crippen LogP) is 3.57. The predicted molar refractivity (Wildman–Crippen MR) is 53.1 cm³/mol. The van der Waals surface area contributed by atoms with Crippen molar-refractivity contribution in [1.82, 2.24) is 0 Å². The summed E-state index contributed by atoms with van der Waals surface area (Å²) in [5.41, 5.74) is 0.559. The molecule has 0 aromatic rings. The SMILES string of the molecule is [B]CCC(CC)(CC)CCC. The Morgan fingerprint density at radius 2 is 1.55 bits per heavy atom. The molecule has 2 radical (unpaired) electrons. The van der Waals surface area contributed by atoms with Crippen LogP contribution in [0.5, 0.6) is 0 Å². The highest BCUT2D eigenvalue weighted by molar-refractivity contribution is 6.08. The standard InChI is InChI=1S/C10H21B/c1-4-7-10(5-2,6-3)8-9-11/h4-9H2,1-3H3. The van der Waals surface area contributed by atoms with Gasteiger partial charge >= 0.3 is 0 Å². The molecular weight excluding hydrogens is 131 g/mol. The topological polar surface area (TPSA) is 0 Å². The second-order valence-electron chi connectivity index (χ2n) is 3.50. The molecule has 0 bridgehead atoms. The molecule has 0 saturated carbocycles. The molecule has 0 heterocycles. The molecular formula is C10H21B. The van der Waals surface area contributed by atoms with Crippen molar-refractivity contribution in [2.75, 3.05) is 0 Å². The minimum Gasteiger partial charge on any atom is -0.0882 e. The van der Waals surface area contributed by atoms with Crippen molar-refractivity contribution >= 4 is 7.85 Å². The summed E-state index contributed by atoms with van der Waals surface area (Å²) in [5.74, 6) is 0. The zero-order chi connectivity index (χ0) is 8.74. The first-order valence-corrected chi connectivity index (χ1v) is 4.94. The van der Waals surface area contributed by atoms with E-state index in [-0.39, 0.29) is 0 Å². The van der Waals surface area contributed by atoms with Gasteiger partial charge in [-0.2, -0.15) is 0 Å². The highest BCUT2D eigenvalue weighted by Crippen LogP contribution is 2.36. The summed E-state index contributed by atoms with van der Waals surface area (Å²) in [4.78, 5) is 0. The van der Waals surface area contributed by atoms with Gasteiger partial charge in [0, 0.05) is 0 Å². The van der Waals surface area contributed by atoms with Crippen molar-refractivity contribution in [3.8, 4) is 0 Å². The van der Waals surface area contributed by atoms with E-state index in [0.29, 0.717) is 5.41 Å². The van der Waals surface area contributed by atoms with Crippen LogP contribution in [0, 0.1) is 5.41 Å². The van der Waals surface area contributed by atoms with Gasteiger partial charge in [0.05, 0.1) is 7.85 Å². The molecule has 0 saturated heterocycles. The normalized spacial score (nSPS) is 11.9. The third kappa shape index (κ3) is 3.31. The van der Waals surface area contributed by atoms with Crippen molar-refractivity contribution in [3.05, 3.63) is 0 Å². The monoisotopic (exact) mass is 152 g/mol. The molecule has 0 aliphatic carbocycles. The lowest BCUT2D eigenvalue weighted by molar-refractivity contribution is 0.227. The van der Waals surface area contributed by atoms with Crippen LogP contribution in [0.15, 0.2) is 0 Å². The van der Waals surface area contributed by atoms with E-state index in [1.807, 2.05) is 0 Å². The zero-order valence-electron chi connectivity index (χ0n) is 8.32. The lowest BCUT2D eigenvalue weighted by Gasteiger charge is -2.31. The molecule has 0 atom stereocenters. The average molecular weight is 152 g/mol. The largest absolute Gasteiger partial charge is 0.0882 e. The second-order valence-corrected chi connectivity index (χ2v) is 3.50.